The summed E-state index contributed by atoms with van der Waals surface area (Å²) in [7, 11) is 0. The monoisotopic (exact) mass is 461 g/mol. The average Bonchev–Trinajstić information content (AvgIpc) is 2.84. The first kappa shape index (κ1) is 21.9. The number of nitrogens with one attached hydrogen (secondary N) is 1. The van der Waals surface area contributed by atoms with E-state index in [0.29, 0.717) is 36.0 Å². The van der Waals surface area contributed by atoms with Crippen LogP contribution in [-0.2, 0) is 4.79 Å². The van der Waals surface area contributed by atoms with Crippen LogP contribution in [0.25, 0.3) is 10.9 Å². The summed E-state index contributed by atoms with van der Waals surface area (Å²) >= 11 is 0. The Kier molecular flexibility index (Phi) is 5.50. The molecule has 0 radical (unpaired) electrons. The number of nitrogens with two attached hydrogens (primary N) is 1. The van der Waals surface area contributed by atoms with Crippen LogP contribution in [0, 0.1) is 29.1 Å². The fourth-order valence-corrected chi connectivity index (χ4v) is 7.71. The third-order valence-electron chi connectivity index (χ3n) is 9.21. The van der Waals surface area contributed by atoms with Crippen LogP contribution in [0.15, 0.2) is 30.3 Å². The number of rotatable bonds is 6. The Labute approximate surface area is 201 Å². The average molecular weight is 462 g/mol. The first-order valence-corrected chi connectivity index (χ1v) is 13.1. The lowest BCUT2D eigenvalue weighted by Gasteiger charge is -2.58. The predicted molar refractivity (Wildman–Crippen MR) is 130 cm³/mol. The highest BCUT2D eigenvalue weighted by Gasteiger charge is 2.58. The molecule has 1 aromatic carbocycles. The lowest BCUT2D eigenvalue weighted by Crippen LogP contribution is -2.62. The van der Waals surface area contributed by atoms with Crippen molar-refractivity contribution < 1.29 is 14.3 Å². The quantitative estimate of drug-likeness (QED) is 0.657. The molecule has 1 heterocycles. The number of aromatic nitrogens is 1. The largest absolute Gasteiger partial charge is 0.491 e. The summed E-state index contributed by atoms with van der Waals surface area (Å²) in [5, 5.41) is 4.29. The van der Waals surface area contributed by atoms with Gasteiger partial charge >= 0.3 is 0 Å². The van der Waals surface area contributed by atoms with Gasteiger partial charge in [0.25, 0.3) is 5.91 Å². The van der Waals surface area contributed by atoms with Crippen LogP contribution in [0.2, 0.25) is 0 Å². The van der Waals surface area contributed by atoms with Gasteiger partial charge in [-0.15, -0.1) is 0 Å². The molecule has 2 aromatic rings. The molecule has 2 atom stereocenters. The van der Waals surface area contributed by atoms with Gasteiger partial charge < -0.3 is 15.8 Å². The Morgan fingerprint density at radius 3 is 2.53 bits per heavy atom. The molecule has 180 valence electrons. The number of benzene rings is 1. The molecule has 4 bridgehead atoms. The highest BCUT2D eigenvalue weighted by Crippen LogP contribution is 2.59. The molecule has 34 heavy (non-hydrogen) atoms. The summed E-state index contributed by atoms with van der Waals surface area (Å²) in [5.74, 6) is 2.32. The van der Waals surface area contributed by atoms with Crippen molar-refractivity contribution in [2.75, 3.05) is 6.61 Å². The second-order valence-corrected chi connectivity index (χ2v) is 11.5. The van der Waals surface area contributed by atoms with Gasteiger partial charge in [-0.1, -0.05) is 37.5 Å². The zero-order valence-corrected chi connectivity index (χ0v) is 19.8. The van der Waals surface area contributed by atoms with Crippen molar-refractivity contribution in [3.63, 3.8) is 0 Å². The Hall–Kier alpha value is -2.63. The molecule has 7 rings (SSSR count). The van der Waals surface area contributed by atoms with Gasteiger partial charge in [-0.3, -0.25) is 9.59 Å². The van der Waals surface area contributed by atoms with Gasteiger partial charge in [-0.25, -0.2) is 4.98 Å². The summed E-state index contributed by atoms with van der Waals surface area (Å²) in [4.78, 5) is 30.3. The number of nitrogens with zero attached hydrogens (tertiary/aromatic N) is 1. The van der Waals surface area contributed by atoms with Gasteiger partial charge in [-0.05, 0) is 80.8 Å². The Morgan fingerprint density at radius 2 is 1.79 bits per heavy atom. The van der Waals surface area contributed by atoms with Crippen molar-refractivity contribution in [2.24, 2.45) is 34.8 Å². The summed E-state index contributed by atoms with van der Waals surface area (Å²) in [6.07, 6.45) is 11.1. The molecule has 3 N–H and O–H groups in total. The molecule has 6 nitrogen and oxygen atoms in total. The number of hydrogen-bond acceptors (Lipinski definition) is 4. The van der Waals surface area contributed by atoms with Crippen LogP contribution in [0.5, 0.6) is 5.75 Å². The van der Waals surface area contributed by atoms with Crippen LogP contribution in [0.4, 0.5) is 0 Å². The lowest BCUT2D eigenvalue weighted by molar-refractivity contribution is -0.145. The fraction of sp³-hybridized carbons (Fsp3) is 0.607. The van der Waals surface area contributed by atoms with Crippen molar-refractivity contribution in [3.8, 4) is 5.75 Å². The second kappa shape index (κ2) is 8.54. The number of pyridine rings is 1. The van der Waals surface area contributed by atoms with Gasteiger partial charge in [0.15, 0.2) is 0 Å². The SMILES string of the molecule is NC(=O)C12CC3CC(C1)C(NC(=O)c1ccc4cccc(OCC5CCCCC5)c4n1)C(C3)C2. The summed E-state index contributed by atoms with van der Waals surface area (Å²) in [6.45, 7) is 0.714. The van der Waals surface area contributed by atoms with Gasteiger partial charge in [0.1, 0.15) is 17.0 Å². The molecular weight excluding hydrogens is 426 g/mol. The number of carbonyl (C=O) groups is 2. The zero-order valence-electron chi connectivity index (χ0n) is 19.8. The van der Waals surface area contributed by atoms with Gasteiger partial charge in [-0.2, -0.15) is 0 Å². The van der Waals surface area contributed by atoms with Crippen LogP contribution < -0.4 is 15.8 Å². The number of amides is 2. The topological polar surface area (TPSA) is 94.3 Å². The molecule has 2 unspecified atom stereocenters. The maximum absolute atomic E-state index is 13.3. The van der Waals surface area contributed by atoms with Crippen LogP contribution in [-0.4, -0.2) is 29.4 Å². The van der Waals surface area contributed by atoms with Crippen molar-refractivity contribution >= 4 is 22.7 Å². The molecule has 2 amide bonds. The van der Waals surface area contributed by atoms with E-state index in [4.69, 9.17) is 15.5 Å². The van der Waals surface area contributed by atoms with Crippen molar-refractivity contribution in [3.05, 3.63) is 36.0 Å². The van der Waals surface area contributed by atoms with E-state index in [1.165, 1.54) is 32.1 Å². The smallest absolute Gasteiger partial charge is 0.270 e. The van der Waals surface area contributed by atoms with Crippen LogP contribution >= 0.6 is 0 Å². The third kappa shape index (κ3) is 3.85. The maximum Gasteiger partial charge on any atom is 0.270 e. The highest BCUT2D eigenvalue weighted by molar-refractivity contribution is 5.96. The lowest BCUT2D eigenvalue weighted by atomic mass is 9.47. The maximum atomic E-state index is 13.3. The summed E-state index contributed by atoms with van der Waals surface area (Å²) in [6, 6.07) is 9.84. The van der Waals surface area contributed by atoms with Crippen LogP contribution in [0.1, 0.15) is 74.7 Å². The minimum atomic E-state index is -0.344. The van der Waals surface area contributed by atoms with Gasteiger partial charge in [0, 0.05) is 16.8 Å². The number of primary amides is 1. The first-order valence-electron chi connectivity index (χ1n) is 13.1. The fourth-order valence-electron chi connectivity index (χ4n) is 7.71. The molecule has 0 saturated heterocycles. The van der Waals surface area contributed by atoms with E-state index < -0.39 is 0 Å². The third-order valence-corrected chi connectivity index (χ3v) is 9.21. The molecule has 5 aliphatic carbocycles. The van der Waals surface area contributed by atoms with Crippen LogP contribution in [0.3, 0.4) is 0 Å². The second-order valence-electron chi connectivity index (χ2n) is 11.5. The number of ether oxygens (including phenoxy) is 1. The molecule has 5 fully saturated rings. The molecule has 0 spiro atoms. The first-order chi connectivity index (χ1) is 16.5. The zero-order chi connectivity index (χ0) is 23.3. The number of hydrogen-bond donors (Lipinski definition) is 2. The van der Waals surface area contributed by atoms with Crippen molar-refractivity contribution in [1.82, 2.24) is 10.3 Å². The number of para-hydroxylation sites is 1. The molecular formula is C28H35N3O3. The summed E-state index contributed by atoms with van der Waals surface area (Å²) < 4.78 is 6.22. The van der Waals surface area contributed by atoms with E-state index in [1.54, 1.807) is 0 Å². The van der Waals surface area contributed by atoms with E-state index >= 15 is 0 Å². The van der Waals surface area contributed by atoms with Crippen molar-refractivity contribution in [1.29, 1.82) is 0 Å². The Bertz CT molecular complexity index is 1090. The molecule has 5 aliphatic rings. The molecule has 1 aromatic heterocycles. The van der Waals surface area contributed by atoms with E-state index in [-0.39, 0.29) is 23.3 Å². The van der Waals surface area contributed by atoms with Gasteiger partial charge in [0.05, 0.1) is 6.61 Å². The Balaban J connectivity index is 1.19. The predicted octanol–water partition coefficient (Wildman–Crippen LogP) is 4.60. The van der Waals surface area contributed by atoms with E-state index in [0.717, 1.165) is 48.8 Å². The van der Waals surface area contributed by atoms with Crippen molar-refractivity contribution in [2.45, 2.75) is 70.3 Å². The molecule has 5 saturated carbocycles. The van der Waals surface area contributed by atoms with Gasteiger partial charge in [0.2, 0.25) is 5.91 Å². The number of carbonyl (C=O) groups excluding carboxylic acids is 2. The van der Waals surface area contributed by atoms with E-state index in [9.17, 15) is 9.59 Å². The van der Waals surface area contributed by atoms with E-state index in [1.807, 2.05) is 30.3 Å². The minimum absolute atomic E-state index is 0.104. The molecule has 0 aliphatic heterocycles. The molecule has 6 heteroatoms. The normalized spacial score (nSPS) is 32.6. The van der Waals surface area contributed by atoms with E-state index in [2.05, 4.69) is 5.32 Å². The standard InChI is InChI=1S/C28H35N3O3/c29-27(33)28-13-18-11-20(14-28)24(21(12-18)15-28)31-26(32)22-10-9-19-7-4-8-23(25(19)30-22)34-16-17-5-2-1-3-6-17/h4,7-10,17-18,20-21,24H,1-3,5-6,11-16H2,(H2,29,33)(H,31,32). The highest BCUT2D eigenvalue weighted by atomic mass is 16.5. The number of fused-ring (bicyclic) bond motifs is 1. The minimum Gasteiger partial charge on any atom is -0.491 e. The Morgan fingerprint density at radius 1 is 1.03 bits per heavy atom. The summed E-state index contributed by atoms with van der Waals surface area (Å²) in [5.41, 5.74) is 6.66.